The minimum atomic E-state index is -0.377. The fourth-order valence-electron chi connectivity index (χ4n) is 3.00. The van der Waals surface area contributed by atoms with Gasteiger partial charge in [-0.25, -0.2) is 0 Å². The first-order valence-electron chi connectivity index (χ1n) is 9.71. The van der Waals surface area contributed by atoms with E-state index in [4.69, 9.17) is 16.0 Å². The summed E-state index contributed by atoms with van der Waals surface area (Å²) in [5.74, 6) is -0.0898. The third-order valence-electron chi connectivity index (χ3n) is 4.54. The summed E-state index contributed by atoms with van der Waals surface area (Å²) < 4.78 is 5.51. The number of hydrogen-bond acceptors (Lipinski definition) is 4. The van der Waals surface area contributed by atoms with Crippen LogP contribution in [0.1, 0.15) is 48.0 Å². The SMILES string of the molecule is CCCC=C(CCNC(=O)c1nnc(-c2ccccc2)o1)c1cc(Cl)ccc1C. The molecular formula is C23H24ClN3O2. The van der Waals surface area contributed by atoms with Crippen LogP contribution in [0.4, 0.5) is 0 Å². The number of unbranched alkanes of at least 4 members (excludes halogenated alkanes) is 1. The molecular weight excluding hydrogens is 386 g/mol. The van der Waals surface area contributed by atoms with Crippen LogP contribution in [0.25, 0.3) is 17.0 Å². The summed E-state index contributed by atoms with van der Waals surface area (Å²) in [5, 5.41) is 11.4. The Morgan fingerprint density at radius 1 is 1.17 bits per heavy atom. The maximum Gasteiger partial charge on any atom is 0.308 e. The second-order valence-corrected chi connectivity index (χ2v) is 7.20. The van der Waals surface area contributed by atoms with Crippen LogP contribution >= 0.6 is 11.6 Å². The highest BCUT2D eigenvalue weighted by atomic mass is 35.5. The molecule has 5 nitrogen and oxygen atoms in total. The Labute approximate surface area is 175 Å². The Kier molecular flexibility index (Phi) is 7.19. The van der Waals surface area contributed by atoms with Crippen molar-refractivity contribution in [1.82, 2.24) is 15.5 Å². The second-order valence-electron chi connectivity index (χ2n) is 6.76. The van der Waals surface area contributed by atoms with E-state index >= 15 is 0 Å². The van der Waals surface area contributed by atoms with Crippen molar-refractivity contribution in [2.24, 2.45) is 0 Å². The van der Waals surface area contributed by atoms with Crippen molar-refractivity contribution in [3.63, 3.8) is 0 Å². The van der Waals surface area contributed by atoms with Crippen molar-refractivity contribution in [1.29, 1.82) is 0 Å². The highest BCUT2D eigenvalue weighted by Gasteiger charge is 2.16. The first kappa shape index (κ1) is 20.8. The molecule has 2 aromatic carbocycles. The van der Waals surface area contributed by atoms with Gasteiger partial charge in [-0.3, -0.25) is 4.79 Å². The van der Waals surface area contributed by atoms with Crippen molar-refractivity contribution in [2.75, 3.05) is 6.54 Å². The molecule has 0 saturated carbocycles. The van der Waals surface area contributed by atoms with Gasteiger partial charge in [-0.2, -0.15) is 0 Å². The number of nitrogens with one attached hydrogen (secondary N) is 1. The van der Waals surface area contributed by atoms with Crippen LogP contribution in [0.2, 0.25) is 5.02 Å². The number of carbonyl (C=O) groups excluding carboxylic acids is 1. The van der Waals surface area contributed by atoms with Crippen LogP contribution < -0.4 is 5.32 Å². The number of carbonyl (C=O) groups is 1. The topological polar surface area (TPSA) is 68.0 Å². The molecule has 0 radical (unpaired) electrons. The van der Waals surface area contributed by atoms with Crippen molar-refractivity contribution in [3.8, 4) is 11.5 Å². The smallest absolute Gasteiger partial charge is 0.308 e. The van der Waals surface area contributed by atoms with Gasteiger partial charge in [0.25, 0.3) is 0 Å². The van der Waals surface area contributed by atoms with E-state index in [0.717, 1.165) is 29.5 Å². The number of halogens is 1. The third kappa shape index (κ3) is 5.55. The average molecular weight is 410 g/mol. The lowest BCUT2D eigenvalue weighted by molar-refractivity contribution is 0.0920. The standard InChI is InChI=1S/C23H24ClN3O2/c1-3-4-8-17(20-15-19(24)12-11-16(20)2)13-14-25-21(28)23-27-26-22(29-23)18-9-6-5-7-10-18/h5-12,15H,3-4,13-14H2,1-2H3,(H,25,28). The van der Waals surface area contributed by atoms with E-state index in [0.29, 0.717) is 23.9 Å². The van der Waals surface area contributed by atoms with Gasteiger partial charge in [0.15, 0.2) is 0 Å². The predicted molar refractivity (Wildman–Crippen MR) is 116 cm³/mol. The van der Waals surface area contributed by atoms with Crippen LogP contribution in [-0.2, 0) is 0 Å². The summed E-state index contributed by atoms with van der Waals surface area (Å²) in [5.41, 5.74) is 4.22. The van der Waals surface area contributed by atoms with Crippen molar-refractivity contribution in [2.45, 2.75) is 33.1 Å². The molecule has 1 amide bonds. The van der Waals surface area contributed by atoms with Gasteiger partial charge in [0.05, 0.1) is 0 Å². The molecule has 1 aromatic heterocycles. The highest BCUT2D eigenvalue weighted by Crippen LogP contribution is 2.26. The number of nitrogens with zero attached hydrogens (tertiary/aromatic N) is 2. The normalized spacial score (nSPS) is 11.5. The van der Waals surface area contributed by atoms with Gasteiger partial charge in [0, 0.05) is 17.1 Å². The van der Waals surface area contributed by atoms with Crippen LogP contribution in [0, 0.1) is 6.92 Å². The van der Waals surface area contributed by atoms with Crippen LogP contribution in [0.5, 0.6) is 0 Å². The quantitative estimate of drug-likeness (QED) is 0.518. The summed E-state index contributed by atoms with van der Waals surface area (Å²) >= 11 is 6.19. The van der Waals surface area contributed by atoms with Gasteiger partial charge < -0.3 is 9.73 Å². The molecule has 0 fully saturated rings. The molecule has 29 heavy (non-hydrogen) atoms. The molecule has 0 aliphatic heterocycles. The Morgan fingerprint density at radius 2 is 1.97 bits per heavy atom. The summed E-state index contributed by atoms with van der Waals surface area (Å²) in [6.07, 6.45) is 4.93. The first-order chi connectivity index (χ1) is 14.1. The van der Waals surface area contributed by atoms with E-state index < -0.39 is 0 Å². The average Bonchev–Trinajstić information content (AvgIpc) is 3.23. The second kappa shape index (κ2) is 10.0. The molecule has 0 saturated heterocycles. The van der Waals surface area contributed by atoms with Crippen molar-refractivity contribution < 1.29 is 9.21 Å². The van der Waals surface area contributed by atoms with E-state index in [9.17, 15) is 4.79 Å². The number of allylic oxidation sites excluding steroid dienone is 1. The summed E-state index contributed by atoms with van der Waals surface area (Å²) in [7, 11) is 0. The molecule has 0 atom stereocenters. The Bertz CT molecular complexity index is 996. The summed E-state index contributed by atoms with van der Waals surface area (Å²) in [6, 6.07) is 15.2. The molecule has 6 heteroatoms. The van der Waals surface area contributed by atoms with E-state index in [2.05, 4.69) is 35.4 Å². The lowest BCUT2D eigenvalue weighted by atomic mass is 9.97. The monoisotopic (exact) mass is 409 g/mol. The lowest BCUT2D eigenvalue weighted by Gasteiger charge is -2.12. The predicted octanol–water partition coefficient (Wildman–Crippen LogP) is 5.70. The Morgan fingerprint density at radius 3 is 2.72 bits per heavy atom. The number of amides is 1. The zero-order valence-electron chi connectivity index (χ0n) is 16.6. The lowest BCUT2D eigenvalue weighted by Crippen LogP contribution is -2.25. The van der Waals surface area contributed by atoms with Crippen LogP contribution in [0.15, 0.2) is 59.0 Å². The van der Waals surface area contributed by atoms with Gasteiger partial charge in [-0.1, -0.05) is 55.3 Å². The first-order valence-corrected chi connectivity index (χ1v) is 10.1. The Balaban J connectivity index is 1.64. The van der Waals surface area contributed by atoms with Gasteiger partial charge in [0.2, 0.25) is 5.89 Å². The fourth-order valence-corrected chi connectivity index (χ4v) is 3.18. The fraction of sp³-hybridized carbons (Fsp3) is 0.261. The van der Waals surface area contributed by atoms with Gasteiger partial charge in [-0.15, -0.1) is 10.2 Å². The summed E-state index contributed by atoms with van der Waals surface area (Å²) in [6.45, 7) is 4.66. The summed E-state index contributed by atoms with van der Waals surface area (Å²) in [4.78, 5) is 12.4. The van der Waals surface area contributed by atoms with E-state index in [-0.39, 0.29) is 11.8 Å². The molecule has 3 aromatic rings. The minimum Gasteiger partial charge on any atom is -0.412 e. The van der Waals surface area contributed by atoms with E-state index in [1.807, 2.05) is 48.5 Å². The molecule has 3 rings (SSSR count). The van der Waals surface area contributed by atoms with E-state index in [1.54, 1.807) is 0 Å². The number of aromatic nitrogens is 2. The minimum absolute atomic E-state index is 0.0399. The molecule has 1 N–H and O–H groups in total. The van der Waals surface area contributed by atoms with E-state index in [1.165, 1.54) is 5.57 Å². The van der Waals surface area contributed by atoms with Crippen LogP contribution in [-0.4, -0.2) is 22.6 Å². The largest absolute Gasteiger partial charge is 0.412 e. The van der Waals surface area contributed by atoms with Crippen LogP contribution in [0.3, 0.4) is 0 Å². The maximum atomic E-state index is 12.4. The molecule has 1 heterocycles. The van der Waals surface area contributed by atoms with Gasteiger partial charge in [0.1, 0.15) is 0 Å². The molecule has 0 bridgehead atoms. The van der Waals surface area contributed by atoms with Gasteiger partial charge in [-0.05, 0) is 60.7 Å². The molecule has 0 aliphatic carbocycles. The maximum absolute atomic E-state index is 12.4. The van der Waals surface area contributed by atoms with Gasteiger partial charge >= 0.3 is 11.8 Å². The molecule has 150 valence electrons. The number of aryl methyl sites for hydroxylation is 1. The molecule has 0 unspecified atom stereocenters. The zero-order valence-corrected chi connectivity index (χ0v) is 17.4. The van der Waals surface area contributed by atoms with Crippen molar-refractivity contribution in [3.05, 3.63) is 76.6 Å². The number of hydrogen-bond donors (Lipinski definition) is 1. The third-order valence-corrected chi connectivity index (χ3v) is 4.78. The number of rotatable bonds is 8. The Hall–Kier alpha value is -2.92. The number of benzene rings is 2. The molecule has 0 spiro atoms. The molecule has 0 aliphatic rings. The zero-order chi connectivity index (χ0) is 20.6. The van der Waals surface area contributed by atoms with Crippen molar-refractivity contribution >= 4 is 23.1 Å². The highest BCUT2D eigenvalue weighted by molar-refractivity contribution is 6.30.